The van der Waals surface area contributed by atoms with Gasteiger partial charge in [-0.1, -0.05) is 11.6 Å². The van der Waals surface area contributed by atoms with E-state index in [2.05, 4.69) is 4.98 Å². The van der Waals surface area contributed by atoms with Gasteiger partial charge in [0.2, 0.25) is 11.5 Å². The summed E-state index contributed by atoms with van der Waals surface area (Å²) in [6.07, 6.45) is -5.86. The lowest BCUT2D eigenvalue weighted by atomic mass is 10.1. The average Bonchev–Trinajstić information content (AvgIpc) is 2.94. The van der Waals surface area contributed by atoms with Crippen molar-refractivity contribution in [3.63, 3.8) is 0 Å². The molecule has 0 aliphatic carbocycles. The van der Waals surface area contributed by atoms with Gasteiger partial charge in [0.1, 0.15) is 48.7 Å². The Morgan fingerprint density at radius 1 is 1.15 bits per heavy atom. The van der Waals surface area contributed by atoms with Gasteiger partial charge < -0.3 is 14.6 Å². The van der Waals surface area contributed by atoms with Crippen molar-refractivity contribution in [3.8, 4) is 29.4 Å². The van der Waals surface area contributed by atoms with Crippen molar-refractivity contribution in [2.75, 3.05) is 20.3 Å². The molecular formula is C24H17ClF6N5O5+. The Kier molecular flexibility index (Phi) is 9.64. The van der Waals surface area contributed by atoms with Crippen molar-refractivity contribution in [2.45, 2.75) is 25.3 Å². The fourth-order valence-corrected chi connectivity index (χ4v) is 3.59. The standard InChI is InChI=1S/C24H17ClF6N5O5/c1-39-36-10-17(40-3-2-37)13(7-32)5-15(36)9-35-11-34-20(24(30,31)23(28)29)19(22(35)38)41-16-6-12(21(26)27)4-14(8-33)18(16)25/h4-6,10-11,21,23,37H,2-3,9H2,1H3/q+1. The number of aliphatic hydroxyl groups excluding tert-OH is 1. The molecule has 10 nitrogen and oxygen atoms in total. The van der Waals surface area contributed by atoms with Gasteiger partial charge in [0.15, 0.2) is 5.69 Å². The van der Waals surface area contributed by atoms with Crippen LogP contribution in [-0.4, -0.2) is 41.4 Å². The predicted molar refractivity (Wildman–Crippen MR) is 125 cm³/mol. The van der Waals surface area contributed by atoms with Crippen LogP contribution in [0.1, 0.15) is 34.5 Å². The zero-order valence-corrected chi connectivity index (χ0v) is 21.4. The molecule has 17 heteroatoms. The summed E-state index contributed by atoms with van der Waals surface area (Å²) < 4.78 is 94.2. The normalized spacial score (nSPS) is 11.3. The van der Waals surface area contributed by atoms with Crippen molar-refractivity contribution in [1.82, 2.24) is 9.55 Å². The highest BCUT2D eigenvalue weighted by atomic mass is 35.5. The van der Waals surface area contributed by atoms with Gasteiger partial charge in [0.25, 0.3) is 23.9 Å². The number of nitrogens with zero attached hydrogens (tertiary/aromatic N) is 5. The first-order valence-corrected chi connectivity index (χ1v) is 11.5. The maximum Gasteiger partial charge on any atom is 0.352 e. The summed E-state index contributed by atoms with van der Waals surface area (Å²) in [7, 11) is 1.19. The van der Waals surface area contributed by atoms with E-state index in [1.54, 1.807) is 0 Å². The fourth-order valence-electron chi connectivity index (χ4n) is 3.40. The molecule has 2 aromatic heterocycles. The van der Waals surface area contributed by atoms with E-state index in [-0.39, 0.29) is 30.2 Å². The summed E-state index contributed by atoms with van der Waals surface area (Å²) in [5.41, 5.74) is -4.77. The lowest BCUT2D eigenvalue weighted by molar-refractivity contribution is -0.890. The minimum absolute atomic E-state index is 0.0181. The minimum atomic E-state index is -5.04. The van der Waals surface area contributed by atoms with Crippen molar-refractivity contribution >= 4 is 11.6 Å². The highest BCUT2D eigenvalue weighted by Crippen LogP contribution is 2.41. The first-order chi connectivity index (χ1) is 19.4. The number of hydrogen-bond acceptors (Lipinski definition) is 8. The molecule has 0 amide bonds. The van der Waals surface area contributed by atoms with Gasteiger partial charge in [-0.3, -0.25) is 14.2 Å². The number of pyridine rings is 1. The molecule has 2 heterocycles. The molecule has 0 bridgehead atoms. The van der Waals surface area contributed by atoms with Crippen LogP contribution < -0.4 is 24.6 Å². The van der Waals surface area contributed by atoms with E-state index in [9.17, 15) is 41.7 Å². The van der Waals surface area contributed by atoms with Gasteiger partial charge in [-0.25, -0.2) is 22.5 Å². The maximum atomic E-state index is 14.5. The zero-order chi connectivity index (χ0) is 30.5. The van der Waals surface area contributed by atoms with Gasteiger partial charge in [-0.05, 0) is 12.1 Å². The lowest BCUT2D eigenvalue weighted by Gasteiger charge is -2.19. The number of rotatable bonds is 11. The number of aliphatic hydroxyl groups is 1. The molecule has 1 aromatic carbocycles. The summed E-state index contributed by atoms with van der Waals surface area (Å²) >= 11 is 5.98. The van der Waals surface area contributed by atoms with E-state index in [0.29, 0.717) is 23.0 Å². The summed E-state index contributed by atoms with van der Waals surface area (Å²) in [4.78, 5) is 21.8. The number of halogens is 7. The van der Waals surface area contributed by atoms with Gasteiger partial charge in [-0.2, -0.15) is 19.3 Å². The predicted octanol–water partition coefficient (Wildman–Crippen LogP) is 3.49. The van der Waals surface area contributed by atoms with Gasteiger partial charge in [0, 0.05) is 16.4 Å². The average molecular weight is 605 g/mol. The number of aromatic nitrogens is 3. The van der Waals surface area contributed by atoms with E-state index >= 15 is 0 Å². The Balaban J connectivity index is 2.21. The molecule has 3 rings (SSSR count). The Morgan fingerprint density at radius 2 is 1.83 bits per heavy atom. The van der Waals surface area contributed by atoms with E-state index < -0.39 is 64.2 Å². The van der Waals surface area contributed by atoms with Crippen LogP contribution in [-0.2, 0) is 12.5 Å². The second-order valence-corrected chi connectivity index (χ2v) is 8.29. The quantitative estimate of drug-likeness (QED) is 0.260. The van der Waals surface area contributed by atoms with Crippen LogP contribution in [0.25, 0.3) is 0 Å². The third-order valence-electron chi connectivity index (χ3n) is 5.32. The number of ether oxygens (including phenoxy) is 2. The van der Waals surface area contributed by atoms with Crippen LogP contribution in [0.15, 0.2) is 35.5 Å². The Hall–Kier alpha value is -4.54. The van der Waals surface area contributed by atoms with Crippen molar-refractivity contribution in [1.29, 1.82) is 10.5 Å². The van der Waals surface area contributed by atoms with E-state index in [0.717, 1.165) is 4.73 Å². The van der Waals surface area contributed by atoms with Gasteiger partial charge in [0.05, 0.1) is 18.5 Å². The molecule has 0 saturated heterocycles. The highest BCUT2D eigenvalue weighted by molar-refractivity contribution is 6.33. The Labute approximate surface area is 231 Å². The SMILES string of the molecule is CO[n+]1cc(OCCO)c(C#N)cc1Cn1cnc(C(F)(F)C(F)F)c(Oc2cc(C(F)F)cc(C#N)c2Cl)c1=O. The van der Waals surface area contributed by atoms with Gasteiger partial charge in [-0.15, -0.1) is 0 Å². The van der Waals surface area contributed by atoms with Gasteiger partial charge >= 0.3 is 12.3 Å². The monoisotopic (exact) mass is 604 g/mol. The first-order valence-electron chi connectivity index (χ1n) is 11.1. The van der Waals surface area contributed by atoms with E-state index in [1.165, 1.54) is 25.4 Å². The van der Waals surface area contributed by atoms with Crippen molar-refractivity contribution in [2.24, 2.45) is 0 Å². The second kappa shape index (κ2) is 12.8. The maximum absolute atomic E-state index is 14.5. The number of nitriles is 2. The molecule has 3 aromatic rings. The largest absolute Gasteiger partial charge is 0.484 e. The molecular weight excluding hydrogens is 588 g/mol. The number of alkyl halides is 6. The summed E-state index contributed by atoms with van der Waals surface area (Å²) in [5.74, 6) is -7.41. The van der Waals surface area contributed by atoms with Crippen LogP contribution in [0.4, 0.5) is 26.3 Å². The third-order valence-corrected chi connectivity index (χ3v) is 5.71. The number of benzene rings is 1. The lowest BCUT2D eigenvalue weighted by Crippen LogP contribution is -2.46. The molecule has 0 atom stereocenters. The summed E-state index contributed by atoms with van der Waals surface area (Å²) in [6, 6.07) is 5.76. The second-order valence-electron chi connectivity index (χ2n) is 7.91. The Bertz CT molecular complexity index is 1590. The molecule has 0 aliphatic rings. The molecule has 0 fully saturated rings. The smallest absolute Gasteiger partial charge is 0.352 e. The topological polar surface area (TPSA) is 134 Å². The molecule has 41 heavy (non-hydrogen) atoms. The van der Waals surface area contributed by atoms with Crippen LogP contribution in [0.2, 0.25) is 5.02 Å². The molecule has 0 radical (unpaired) electrons. The fraction of sp³-hybridized carbons (Fsp3) is 0.292. The highest BCUT2D eigenvalue weighted by Gasteiger charge is 2.48. The van der Waals surface area contributed by atoms with Crippen LogP contribution in [0, 0.1) is 22.7 Å². The summed E-state index contributed by atoms with van der Waals surface area (Å²) in [5, 5.41) is 27.0. The molecule has 1 N–H and O–H groups in total. The van der Waals surface area contributed by atoms with Crippen LogP contribution in [0.3, 0.4) is 0 Å². The van der Waals surface area contributed by atoms with Crippen LogP contribution in [0.5, 0.6) is 17.2 Å². The first kappa shape index (κ1) is 31.0. The molecule has 0 spiro atoms. The zero-order valence-electron chi connectivity index (χ0n) is 20.6. The van der Waals surface area contributed by atoms with Crippen molar-refractivity contribution in [3.05, 3.63) is 74.2 Å². The van der Waals surface area contributed by atoms with E-state index in [1.807, 2.05) is 6.07 Å². The van der Waals surface area contributed by atoms with E-state index in [4.69, 9.17) is 31.0 Å². The van der Waals surface area contributed by atoms with Crippen LogP contribution >= 0.6 is 11.6 Å². The Morgan fingerprint density at radius 3 is 2.39 bits per heavy atom. The summed E-state index contributed by atoms with van der Waals surface area (Å²) in [6.45, 7) is -1.12. The molecule has 0 aliphatic heterocycles. The van der Waals surface area contributed by atoms with Crippen molar-refractivity contribution < 1.29 is 50.5 Å². The minimum Gasteiger partial charge on any atom is -0.484 e. The third kappa shape index (κ3) is 6.45. The number of hydrogen-bond donors (Lipinski definition) is 1. The molecule has 216 valence electrons. The molecule has 0 unspecified atom stereocenters. The molecule has 0 saturated carbocycles.